The molecule has 0 amide bonds. The van der Waals surface area contributed by atoms with Crippen LogP contribution in [0.25, 0.3) is 0 Å². The Kier molecular flexibility index (Phi) is 3.42. The predicted molar refractivity (Wildman–Crippen MR) is 65.4 cm³/mol. The summed E-state index contributed by atoms with van der Waals surface area (Å²) >= 11 is 0. The predicted octanol–water partition coefficient (Wildman–Crippen LogP) is 3.02. The van der Waals surface area contributed by atoms with Crippen LogP contribution in [-0.4, -0.2) is 13.1 Å². The second kappa shape index (κ2) is 4.80. The number of nitrogens with one attached hydrogen (secondary N) is 1. The van der Waals surface area contributed by atoms with Crippen molar-refractivity contribution in [1.29, 1.82) is 0 Å². The first-order valence-corrected chi connectivity index (χ1v) is 6.11. The summed E-state index contributed by atoms with van der Waals surface area (Å²) in [5, 5.41) is 3.48. The molecule has 1 heterocycles. The van der Waals surface area contributed by atoms with Crippen molar-refractivity contribution in [2.75, 3.05) is 13.1 Å². The standard InChI is InChI=1S/C14H21N/c1-3-12-6-7-13(9-11(12)2)14-5-4-8-15-10-14/h6-7,9,14-15H,3-5,8,10H2,1-2H3. The summed E-state index contributed by atoms with van der Waals surface area (Å²) in [6.45, 7) is 6.82. The lowest BCUT2D eigenvalue weighted by Gasteiger charge is -2.23. The fraction of sp³-hybridized carbons (Fsp3) is 0.571. The van der Waals surface area contributed by atoms with E-state index in [4.69, 9.17) is 0 Å². The fourth-order valence-electron chi connectivity index (χ4n) is 2.51. The maximum absolute atomic E-state index is 3.48. The van der Waals surface area contributed by atoms with Gasteiger partial charge in [0.05, 0.1) is 0 Å². The molecule has 1 aromatic rings. The van der Waals surface area contributed by atoms with Gasteiger partial charge in [-0.2, -0.15) is 0 Å². The first-order valence-electron chi connectivity index (χ1n) is 6.11. The highest BCUT2D eigenvalue weighted by atomic mass is 14.9. The molecule has 82 valence electrons. The number of hydrogen-bond donors (Lipinski definition) is 1. The van der Waals surface area contributed by atoms with Crippen molar-refractivity contribution in [3.8, 4) is 0 Å². The van der Waals surface area contributed by atoms with Crippen LogP contribution in [0.1, 0.15) is 42.4 Å². The van der Waals surface area contributed by atoms with Crippen LogP contribution >= 0.6 is 0 Å². The van der Waals surface area contributed by atoms with Gasteiger partial charge in [0.15, 0.2) is 0 Å². The molecule has 1 unspecified atom stereocenters. The smallest absolute Gasteiger partial charge is 0.00201 e. The van der Waals surface area contributed by atoms with Gasteiger partial charge in [0.2, 0.25) is 0 Å². The van der Waals surface area contributed by atoms with Crippen LogP contribution in [0.2, 0.25) is 0 Å². The topological polar surface area (TPSA) is 12.0 Å². The van der Waals surface area contributed by atoms with Crippen molar-refractivity contribution >= 4 is 0 Å². The average molecular weight is 203 g/mol. The normalized spacial score (nSPS) is 21.6. The highest BCUT2D eigenvalue weighted by Gasteiger charge is 2.15. The van der Waals surface area contributed by atoms with Gasteiger partial charge in [-0.1, -0.05) is 25.1 Å². The van der Waals surface area contributed by atoms with Crippen molar-refractivity contribution in [2.45, 2.75) is 39.0 Å². The second-order valence-corrected chi connectivity index (χ2v) is 4.58. The fourth-order valence-corrected chi connectivity index (χ4v) is 2.51. The lowest BCUT2D eigenvalue weighted by atomic mass is 9.89. The molecule has 15 heavy (non-hydrogen) atoms. The van der Waals surface area contributed by atoms with Crippen molar-refractivity contribution in [3.05, 3.63) is 34.9 Å². The molecule has 1 N–H and O–H groups in total. The molecule has 1 nitrogen and oxygen atoms in total. The van der Waals surface area contributed by atoms with E-state index in [9.17, 15) is 0 Å². The van der Waals surface area contributed by atoms with E-state index >= 15 is 0 Å². The van der Waals surface area contributed by atoms with Gasteiger partial charge in [-0.05, 0) is 55.3 Å². The third-order valence-electron chi connectivity index (χ3n) is 3.52. The average Bonchev–Trinajstić information content (AvgIpc) is 2.30. The number of hydrogen-bond acceptors (Lipinski definition) is 1. The van der Waals surface area contributed by atoms with E-state index in [1.807, 2.05) is 0 Å². The van der Waals surface area contributed by atoms with Gasteiger partial charge in [-0.25, -0.2) is 0 Å². The quantitative estimate of drug-likeness (QED) is 0.779. The largest absolute Gasteiger partial charge is 0.316 e. The Morgan fingerprint density at radius 1 is 1.40 bits per heavy atom. The third kappa shape index (κ3) is 2.40. The van der Waals surface area contributed by atoms with E-state index in [1.54, 1.807) is 0 Å². The Morgan fingerprint density at radius 3 is 2.87 bits per heavy atom. The zero-order valence-electron chi connectivity index (χ0n) is 9.84. The summed E-state index contributed by atoms with van der Waals surface area (Å²) in [7, 11) is 0. The molecule has 2 rings (SSSR count). The molecule has 1 saturated heterocycles. The zero-order valence-corrected chi connectivity index (χ0v) is 9.84. The molecule has 0 spiro atoms. The van der Waals surface area contributed by atoms with Crippen LogP contribution in [0.5, 0.6) is 0 Å². The minimum atomic E-state index is 0.739. The zero-order chi connectivity index (χ0) is 10.7. The van der Waals surface area contributed by atoms with Crippen molar-refractivity contribution in [2.24, 2.45) is 0 Å². The van der Waals surface area contributed by atoms with Crippen LogP contribution in [0.15, 0.2) is 18.2 Å². The van der Waals surface area contributed by atoms with Crippen LogP contribution < -0.4 is 5.32 Å². The minimum Gasteiger partial charge on any atom is -0.316 e. The molecule has 0 aromatic heterocycles. The minimum absolute atomic E-state index is 0.739. The van der Waals surface area contributed by atoms with E-state index in [1.165, 1.54) is 36.1 Å². The Morgan fingerprint density at radius 2 is 2.27 bits per heavy atom. The molecule has 1 aliphatic rings. The molecule has 0 bridgehead atoms. The summed E-state index contributed by atoms with van der Waals surface area (Å²) in [4.78, 5) is 0. The van der Waals surface area contributed by atoms with Crippen molar-refractivity contribution in [3.63, 3.8) is 0 Å². The van der Waals surface area contributed by atoms with Gasteiger partial charge in [-0.3, -0.25) is 0 Å². The van der Waals surface area contributed by atoms with Crippen LogP contribution in [-0.2, 0) is 6.42 Å². The van der Waals surface area contributed by atoms with Crippen molar-refractivity contribution < 1.29 is 0 Å². The van der Waals surface area contributed by atoms with E-state index in [2.05, 4.69) is 37.4 Å². The molecular formula is C14H21N. The van der Waals surface area contributed by atoms with Gasteiger partial charge in [-0.15, -0.1) is 0 Å². The van der Waals surface area contributed by atoms with E-state index in [0.717, 1.165) is 18.9 Å². The Bertz CT molecular complexity index is 324. The molecular weight excluding hydrogens is 182 g/mol. The van der Waals surface area contributed by atoms with E-state index in [-0.39, 0.29) is 0 Å². The van der Waals surface area contributed by atoms with E-state index < -0.39 is 0 Å². The first kappa shape index (κ1) is 10.7. The second-order valence-electron chi connectivity index (χ2n) is 4.58. The van der Waals surface area contributed by atoms with Gasteiger partial charge in [0, 0.05) is 6.54 Å². The lowest BCUT2D eigenvalue weighted by molar-refractivity contribution is 0.461. The molecule has 1 fully saturated rings. The van der Waals surface area contributed by atoms with Crippen LogP contribution in [0.4, 0.5) is 0 Å². The Labute approximate surface area is 92.9 Å². The Hall–Kier alpha value is -0.820. The van der Waals surface area contributed by atoms with Crippen LogP contribution in [0, 0.1) is 6.92 Å². The highest BCUT2D eigenvalue weighted by Crippen LogP contribution is 2.25. The number of rotatable bonds is 2. The molecule has 0 aliphatic carbocycles. The van der Waals surface area contributed by atoms with Gasteiger partial charge in [0.1, 0.15) is 0 Å². The molecule has 1 heteroatoms. The maximum atomic E-state index is 3.48. The molecule has 0 saturated carbocycles. The molecule has 0 radical (unpaired) electrons. The lowest BCUT2D eigenvalue weighted by Crippen LogP contribution is -2.28. The summed E-state index contributed by atoms with van der Waals surface area (Å²) in [6, 6.07) is 7.01. The number of piperidine rings is 1. The third-order valence-corrected chi connectivity index (χ3v) is 3.52. The maximum Gasteiger partial charge on any atom is 0.00201 e. The monoisotopic (exact) mass is 203 g/mol. The summed E-state index contributed by atoms with van der Waals surface area (Å²) < 4.78 is 0. The van der Waals surface area contributed by atoms with Crippen LogP contribution in [0.3, 0.4) is 0 Å². The summed E-state index contributed by atoms with van der Waals surface area (Å²) in [5.74, 6) is 0.739. The highest BCUT2D eigenvalue weighted by molar-refractivity contribution is 5.33. The number of aryl methyl sites for hydroxylation is 2. The van der Waals surface area contributed by atoms with E-state index in [0.29, 0.717) is 0 Å². The van der Waals surface area contributed by atoms with Gasteiger partial charge >= 0.3 is 0 Å². The molecule has 1 aromatic carbocycles. The first-order chi connectivity index (χ1) is 7.31. The van der Waals surface area contributed by atoms with Gasteiger partial charge < -0.3 is 5.32 Å². The van der Waals surface area contributed by atoms with Gasteiger partial charge in [0.25, 0.3) is 0 Å². The number of benzene rings is 1. The molecule has 1 aliphatic heterocycles. The molecule has 1 atom stereocenters. The summed E-state index contributed by atoms with van der Waals surface area (Å²) in [5.41, 5.74) is 4.47. The Balaban J connectivity index is 2.17. The van der Waals surface area contributed by atoms with Crippen molar-refractivity contribution in [1.82, 2.24) is 5.32 Å². The summed E-state index contributed by atoms with van der Waals surface area (Å²) in [6.07, 6.45) is 3.81. The SMILES string of the molecule is CCc1ccc(C2CCCNC2)cc1C.